The molecule has 2 aliphatic rings. The fourth-order valence-corrected chi connectivity index (χ4v) is 6.41. The molecule has 1 fully saturated rings. The summed E-state index contributed by atoms with van der Waals surface area (Å²) in [7, 11) is 1.41. The Morgan fingerprint density at radius 2 is 2.10 bits per heavy atom. The van der Waals surface area contributed by atoms with Crippen LogP contribution in [0.15, 0.2) is 42.8 Å². The van der Waals surface area contributed by atoms with Crippen LogP contribution in [0, 0.1) is 5.82 Å². The maximum Gasteiger partial charge on any atom is 0.255 e. The number of nitrogens with one attached hydrogen (secondary N) is 2. The predicted molar refractivity (Wildman–Crippen MR) is 158 cm³/mol. The number of ether oxygens (including phenoxy) is 2. The van der Waals surface area contributed by atoms with Crippen molar-refractivity contribution in [2.75, 3.05) is 32.2 Å². The summed E-state index contributed by atoms with van der Waals surface area (Å²) < 4.78 is 24.7. The Bertz CT molecular complexity index is 1500. The smallest absolute Gasteiger partial charge is 0.255 e. The first-order chi connectivity index (χ1) is 20.3. The van der Waals surface area contributed by atoms with Crippen molar-refractivity contribution in [1.29, 1.82) is 0 Å². The number of halogens is 2. The molecule has 4 heterocycles. The van der Waals surface area contributed by atoms with Gasteiger partial charge in [0.1, 0.15) is 23.3 Å². The molecule has 13 heteroatoms. The van der Waals surface area contributed by atoms with Crippen molar-refractivity contribution in [2.45, 2.75) is 44.3 Å². The van der Waals surface area contributed by atoms with Crippen molar-refractivity contribution < 1.29 is 28.6 Å². The number of aliphatic hydroxyl groups excluding tert-OH is 1. The van der Waals surface area contributed by atoms with Crippen LogP contribution in [0.1, 0.15) is 46.6 Å². The van der Waals surface area contributed by atoms with E-state index in [0.29, 0.717) is 54.0 Å². The molecule has 1 saturated heterocycles. The van der Waals surface area contributed by atoms with Crippen LogP contribution in [0.3, 0.4) is 0 Å². The lowest BCUT2D eigenvalue weighted by Crippen LogP contribution is -2.50. The average Bonchev–Trinajstić information content (AvgIpc) is 3.43. The zero-order valence-electron chi connectivity index (χ0n) is 23.1. The van der Waals surface area contributed by atoms with Gasteiger partial charge in [0.15, 0.2) is 0 Å². The highest BCUT2D eigenvalue weighted by molar-refractivity contribution is 7.16. The fraction of sp³-hybridized carbons (Fsp3) is 0.379. The van der Waals surface area contributed by atoms with Crippen molar-refractivity contribution in [1.82, 2.24) is 20.2 Å². The average molecular weight is 616 g/mol. The Balaban J connectivity index is 1.32. The number of nitrogens with zero attached hydrogens (tertiary/aromatic N) is 3. The van der Waals surface area contributed by atoms with E-state index in [0.717, 1.165) is 28.9 Å². The quantitative estimate of drug-likeness (QED) is 0.290. The number of anilines is 1. The van der Waals surface area contributed by atoms with Crippen LogP contribution >= 0.6 is 22.9 Å². The molecule has 2 aromatic heterocycles. The minimum absolute atomic E-state index is 0.211. The van der Waals surface area contributed by atoms with Gasteiger partial charge >= 0.3 is 0 Å². The number of thiophene rings is 1. The van der Waals surface area contributed by atoms with E-state index in [2.05, 4.69) is 20.6 Å². The fourth-order valence-electron chi connectivity index (χ4n) is 5.02. The molecule has 2 atom stereocenters. The zero-order chi connectivity index (χ0) is 29.8. The lowest BCUT2D eigenvalue weighted by atomic mass is 10.0. The number of aromatic nitrogens is 2. The number of carbonyl (C=O) groups is 2. The van der Waals surface area contributed by atoms with Crippen LogP contribution in [0.25, 0.3) is 10.6 Å². The summed E-state index contributed by atoms with van der Waals surface area (Å²) in [6.45, 7) is 3.34. The van der Waals surface area contributed by atoms with Gasteiger partial charge in [-0.25, -0.2) is 14.4 Å². The summed E-state index contributed by atoms with van der Waals surface area (Å²) in [4.78, 5) is 39.0. The predicted octanol–water partition coefficient (Wildman–Crippen LogP) is 4.91. The van der Waals surface area contributed by atoms with Crippen molar-refractivity contribution in [2.24, 2.45) is 0 Å². The number of hydrogen-bond donors (Lipinski definition) is 3. The summed E-state index contributed by atoms with van der Waals surface area (Å²) in [5, 5.41) is 15.9. The largest absolute Gasteiger partial charge is 0.516 e. The van der Waals surface area contributed by atoms with Gasteiger partial charge in [0.05, 0.1) is 41.1 Å². The molecule has 0 saturated carbocycles. The third-order valence-electron chi connectivity index (χ3n) is 7.32. The zero-order valence-corrected chi connectivity index (χ0v) is 24.7. The van der Waals surface area contributed by atoms with Crippen LogP contribution in [0.5, 0.6) is 5.75 Å². The first-order valence-corrected chi connectivity index (χ1v) is 14.7. The normalized spacial score (nSPS) is 17.1. The molecule has 0 bridgehead atoms. The number of benzene rings is 1. The number of aliphatic hydroxyl groups is 1. The van der Waals surface area contributed by atoms with Gasteiger partial charge < -0.3 is 30.1 Å². The Hall–Kier alpha value is -3.74. The van der Waals surface area contributed by atoms with Crippen molar-refractivity contribution in [3.63, 3.8) is 0 Å². The standard InChI is InChI=1S/C29H31ClFN5O5S/c1-16(27(38)34-23(4-8-37)17-11-18(31)13-20(12-17)40-2)36-7-3-24-21(28(36)39)14-25(42-24)26-22(30)15-32-29(35-26)33-19-5-9-41-10-6-19/h4,8,11-16,19,23,37H,3,5-7,9-10H2,1-2H3,(H,34,38)(H,32,33,35)/b8-4+/t16-,23-/m1/s1. The maximum atomic E-state index is 14.1. The van der Waals surface area contributed by atoms with E-state index in [1.165, 1.54) is 41.6 Å². The summed E-state index contributed by atoms with van der Waals surface area (Å²) in [6.07, 6.45) is 5.92. The molecular formula is C29H31ClFN5O5S. The third-order valence-corrected chi connectivity index (χ3v) is 8.80. The summed E-state index contributed by atoms with van der Waals surface area (Å²) >= 11 is 7.93. The molecule has 0 unspecified atom stereocenters. The molecule has 222 valence electrons. The van der Waals surface area contributed by atoms with Crippen molar-refractivity contribution >= 4 is 40.7 Å². The molecule has 2 amide bonds. The maximum absolute atomic E-state index is 14.1. The van der Waals surface area contributed by atoms with Crippen LogP contribution in [-0.4, -0.2) is 70.7 Å². The van der Waals surface area contributed by atoms with E-state index in [4.69, 9.17) is 21.1 Å². The van der Waals surface area contributed by atoms with Gasteiger partial charge in [-0.2, -0.15) is 0 Å². The molecule has 5 rings (SSSR count). The highest BCUT2D eigenvalue weighted by atomic mass is 35.5. The van der Waals surface area contributed by atoms with Crippen LogP contribution < -0.4 is 15.4 Å². The Kier molecular flexibility index (Phi) is 9.24. The summed E-state index contributed by atoms with van der Waals surface area (Å²) in [5.41, 5.74) is 1.41. The van der Waals surface area contributed by atoms with Gasteiger partial charge in [-0.05, 0) is 49.6 Å². The van der Waals surface area contributed by atoms with Crippen LogP contribution in [-0.2, 0) is 16.0 Å². The number of fused-ring (bicyclic) bond motifs is 1. The summed E-state index contributed by atoms with van der Waals surface area (Å²) in [6, 6.07) is 4.31. The molecule has 3 aromatic rings. The van der Waals surface area contributed by atoms with Crippen LogP contribution in [0.4, 0.5) is 10.3 Å². The lowest BCUT2D eigenvalue weighted by molar-refractivity contribution is -0.125. The van der Waals surface area contributed by atoms with Gasteiger partial charge in [-0.15, -0.1) is 11.3 Å². The first-order valence-electron chi connectivity index (χ1n) is 13.5. The van der Waals surface area contributed by atoms with E-state index in [-0.39, 0.29) is 17.7 Å². The van der Waals surface area contributed by atoms with Crippen molar-refractivity contribution in [3.05, 3.63) is 69.6 Å². The van der Waals surface area contributed by atoms with Gasteiger partial charge in [-0.3, -0.25) is 9.59 Å². The molecule has 2 aliphatic heterocycles. The van der Waals surface area contributed by atoms with E-state index >= 15 is 0 Å². The topological polar surface area (TPSA) is 126 Å². The Morgan fingerprint density at radius 3 is 2.83 bits per heavy atom. The van der Waals surface area contributed by atoms with E-state index in [1.54, 1.807) is 25.3 Å². The monoisotopic (exact) mass is 615 g/mol. The van der Waals surface area contributed by atoms with Crippen molar-refractivity contribution in [3.8, 4) is 16.3 Å². The van der Waals surface area contributed by atoms with E-state index in [1.807, 2.05) is 0 Å². The highest BCUT2D eigenvalue weighted by Crippen LogP contribution is 2.37. The summed E-state index contributed by atoms with van der Waals surface area (Å²) in [5.74, 6) is -0.561. The molecule has 10 nitrogen and oxygen atoms in total. The van der Waals surface area contributed by atoms with E-state index < -0.39 is 23.8 Å². The molecule has 1 aromatic carbocycles. The second kappa shape index (κ2) is 13.1. The van der Waals surface area contributed by atoms with Gasteiger partial charge in [0.2, 0.25) is 11.9 Å². The lowest BCUT2D eigenvalue weighted by Gasteiger charge is -2.32. The number of methoxy groups -OCH3 is 1. The molecule has 3 N–H and O–H groups in total. The number of amides is 2. The molecule has 0 spiro atoms. The van der Waals surface area contributed by atoms with Gasteiger partial charge in [0, 0.05) is 43.2 Å². The molecular weight excluding hydrogens is 585 g/mol. The Morgan fingerprint density at radius 1 is 1.31 bits per heavy atom. The SMILES string of the molecule is COc1cc(F)cc([C@@H](/C=C/O)NC(=O)[C@@H](C)N2CCc3sc(-c4nc(NC5CCOCC5)ncc4Cl)cc3C2=O)c1. The van der Waals surface area contributed by atoms with Crippen LogP contribution in [0.2, 0.25) is 5.02 Å². The molecule has 42 heavy (non-hydrogen) atoms. The number of carbonyl (C=O) groups excluding carboxylic acids is 2. The second-order valence-corrected chi connectivity index (χ2v) is 11.6. The Labute approximate surface area is 251 Å². The minimum Gasteiger partial charge on any atom is -0.516 e. The minimum atomic E-state index is -0.846. The highest BCUT2D eigenvalue weighted by Gasteiger charge is 2.34. The number of rotatable bonds is 9. The van der Waals surface area contributed by atoms with Gasteiger partial charge in [0.25, 0.3) is 5.91 Å². The number of hydrogen-bond acceptors (Lipinski definition) is 9. The van der Waals surface area contributed by atoms with Gasteiger partial charge in [-0.1, -0.05) is 11.6 Å². The molecule has 0 radical (unpaired) electrons. The second-order valence-electron chi connectivity index (χ2n) is 10.0. The first kappa shape index (κ1) is 29.7. The van der Waals surface area contributed by atoms with E-state index in [9.17, 15) is 19.1 Å². The molecule has 0 aliphatic carbocycles. The third kappa shape index (κ3) is 6.50.